The smallest absolute Gasteiger partial charge is 0.415 e. The van der Waals surface area contributed by atoms with E-state index in [1.807, 2.05) is 0 Å². The number of amides is 1. The van der Waals surface area contributed by atoms with Gasteiger partial charge < -0.3 is 9.53 Å². The molecule has 1 aromatic rings. The Kier molecular flexibility index (Phi) is 5.57. The molecule has 0 aliphatic heterocycles. The first kappa shape index (κ1) is 16.5. The van der Waals surface area contributed by atoms with Gasteiger partial charge in [-0.1, -0.05) is 17.7 Å². The van der Waals surface area contributed by atoms with E-state index in [-0.39, 0.29) is 12.5 Å². The molecule has 0 heterocycles. The summed E-state index contributed by atoms with van der Waals surface area (Å²) >= 11 is 5.96. The number of anilines is 1. The van der Waals surface area contributed by atoms with Crippen molar-refractivity contribution in [3.05, 3.63) is 29.3 Å². The molecule has 4 nitrogen and oxygen atoms in total. The summed E-state index contributed by atoms with van der Waals surface area (Å²) in [6, 6.07) is 6.61. The molecule has 1 amide bonds. The lowest BCUT2D eigenvalue weighted by molar-refractivity contribution is -0.108. The monoisotopic (exact) mass is 297 g/mol. The third-order valence-corrected chi connectivity index (χ3v) is 2.79. The molecule has 1 aromatic carbocycles. The van der Waals surface area contributed by atoms with Gasteiger partial charge in [0.1, 0.15) is 11.9 Å². The van der Waals surface area contributed by atoms with E-state index in [1.165, 1.54) is 4.90 Å². The first-order valence-electron chi connectivity index (χ1n) is 6.46. The summed E-state index contributed by atoms with van der Waals surface area (Å²) in [4.78, 5) is 24.5. The van der Waals surface area contributed by atoms with E-state index in [1.54, 1.807) is 52.0 Å². The zero-order valence-electron chi connectivity index (χ0n) is 12.2. The summed E-state index contributed by atoms with van der Waals surface area (Å²) in [5, 5.41) is 0.523. The van der Waals surface area contributed by atoms with Gasteiger partial charge in [0.05, 0.1) is 0 Å². The maximum atomic E-state index is 12.3. The van der Waals surface area contributed by atoms with Gasteiger partial charge in [-0.2, -0.15) is 0 Å². The van der Waals surface area contributed by atoms with Gasteiger partial charge in [0.25, 0.3) is 0 Å². The predicted octanol–water partition coefficient (Wildman–Crippen LogP) is 4.06. The minimum Gasteiger partial charge on any atom is -0.443 e. The van der Waals surface area contributed by atoms with Gasteiger partial charge in [-0.25, -0.2) is 4.79 Å². The molecule has 0 saturated carbocycles. The van der Waals surface area contributed by atoms with Gasteiger partial charge in [-0.3, -0.25) is 4.90 Å². The Morgan fingerprint density at radius 3 is 2.60 bits per heavy atom. The Morgan fingerprint density at radius 2 is 2.10 bits per heavy atom. The lowest BCUT2D eigenvalue weighted by Gasteiger charge is -2.31. The second-order valence-corrected chi connectivity index (χ2v) is 6.02. The highest BCUT2D eigenvalue weighted by Gasteiger charge is 2.27. The van der Waals surface area contributed by atoms with Crippen LogP contribution in [-0.2, 0) is 9.53 Å². The Morgan fingerprint density at radius 1 is 1.45 bits per heavy atom. The summed E-state index contributed by atoms with van der Waals surface area (Å²) < 4.78 is 5.39. The van der Waals surface area contributed by atoms with Crippen molar-refractivity contribution in [1.82, 2.24) is 0 Å². The van der Waals surface area contributed by atoms with Crippen LogP contribution < -0.4 is 4.90 Å². The molecule has 0 aliphatic carbocycles. The average molecular weight is 298 g/mol. The van der Waals surface area contributed by atoms with Crippen LogP contribution in [0.15, 0.2) is 24.3 Å². The third-order valence-electron chi connectivity index (χ3n) is 2.55. The van der Waals surface area contributed by atoms with Gasteiger partial charge in [0, 0.05) is 23.2 Å². The summed E-state index contributed by atoms with van der Waals surface area (Å²) in [7, 11) is 0. The Hall–Kier alpha value is -1.55. The summed E-state index contributed by atoms with van der Waals surface area (Å²) in [6.45, 7) is 7.18. The van der Waals surface area contributed by atoms with Crippen molar-refractivity contribution < 1.29 is 14.3 Å². The molecular formula is C15H20ClNO3. The number of halogens is 1. The SMILES string of the molecule is CC(CC=O)N(C(=O)OC(C)(C)C)c1cccc(Cl)c1. The van der Waals surface area contributed by atoms with Crippen LogP contribution in [-0.4, -0.2) is 24.0 Å². The van der Waals surface area contributed by atoms with E-state index in [9.17, 15) is 9.59 Å². The highest BCUT2D eigenvalue weighted by Crippen LogP contribution is 2.24. The molecule has 0 bridgehead atoms. The van der Waals surface area contributed by atoms with E-state index in [0.29, 0.717) is 10.7 Å². The highest BCUT2D eigenvalue weighted by molar-refractivity contribution is 6.30. The molecule has 0 fully saturated rings. The number of aldehydes is 1. The first-order chi connectivity index (χ1) is 9.24. The summed E-state index contributed by atoms with van der Waals surface area (Å²) in [6.07, 6.45) is 0.521. The Balaban J connectivity index is 3.08. The second-order valence-electron chi connectivity index (χ2n) is 5.58. The van der Waals surface area contributed by atoms with Crippen LogP contribution in [0.1, 0.15) is 34.1 Å². The van der Waals surface area contributed by atoms with Crippen LogP contribution in [0.3, 0.4) is 0 Å². The standard InChI is InChI=1S/C15H20ClNO3/c1-11(8-9-18)17(14(19)20-15(2,3)4)13-7-5-6-12(16)10-13/h5-7,9-11H,8H2,1-4H3. The molecule has 0 aromatic heterocycles. The predicted molar refractivity (Wildman–Crippen MR) is 80.3 cm³/mol. The molecule has 110 valence electrons. The topological polar surface area (TPSA) is 46.6 Å². The molecule has 1 atom stereocenters. The number of rotatable bonds is 4. The van der Waals surface area contributed by atoms with Crippen LogP contribution in [0.4, 0.5) is 10.5 Å². The molecule has 1 rings (SSSR count). The van der Waals surface area contributed by atoms with Gasteiger partial charge in [0.2, 0.25) is 0 Å². The van der Waals surface area contributed by atoms with Crippen LogP contribution in [0, 0.1) is 0 Å². The van der Waals surface area contributed by atoms with Crippen molar-refractivity contribution in [2.75, 3.05) is 4.90 Å². The average Bonchev–Trinajstić information content (AvgIpc) is 2.26. The first-order valence-corrected chi connectivity index (χ1v) is 6.84. The fourth-order valence-corrected chi connectivity index (χ4v) is 1.91. The maximum Gasteiger partial charge on any atom is 0.415 e. The van der Waals surface area contributed by atoms with Gasteiger partial charge in [-0.15, -0.1) is 0 Å². The van der Waals surface area contributed by atoms with Crippen LogP contribution in [0.25, 0.3) is 0 Å². The zero-order chi connectivity index (χ0) is 15.3. The number of benzene rings is 1. The minimum absolute atomic E-state index is 0.228. The molecule has 0 spiro atoms. The van der Waals surface area contributed by atoms with Crippen molar-refractivity contribution in [2.45, 2.75) is 45.8 Å². The van der Waals surface area contributed by atoms with Crippen molar-refractivity contribution >= 4 is 29.7 Å². The molecular weight excluding hydrogens is 278 g/mol. The molecule has 0 saturated heterocycles. The fourth-order valence-electron chi connectivity index (χ4n) is 1.72. The number of carbonyl (C=O) groups excluding carboxylic acids is 2. The summed E-state index contributed by atoms with van der Waals surface area (Å²) in [5.41, 5.74) is 0.00976. The van der Waals surface area contributed by atoms with Crippen LogP contribution >= 0.6 is 11.6 Å². The molecule has 0 radical (unpaired) electrons. The van der Waals surface area contributed by atoms with Crippen LogP contribution in [0.5, 0.6) is 0 Å². The lowest BCUT2D eigenvalue weighted by Crippen LogP contribution is -2.42. The minimum atomic E-state index is -0.602. The van der Waals surface area contributed by atoms with E-state index >= 15 is 0 Å². The van der Waals surface area contributed by atoms with Crippen molar-refractivity contribution in [1.29, 1.82) is 0 Å². The van der Waals surface area contributed by atoms with E-state index < -0.39 is 11.7 Å². The maximum absolute atomic E-state index is 12.3. The van der Waals surface area contributed by atoms with Crippen molar-refractivity contribution in [3.63, 3.8) is 0 Å². The Bertz CT molecular complexity index is 482. The van der Waals surface area contributed by atoms with Crippen molar-refractivity contribution in [2.24, 2.45) is 0 Å². The molecule has 0 N–H and O–H groups in total. The van der Waals surface area contributed by atoms with Gasteiger partial charge >= 0.3 is 6.09 Å². The van der Waals surface area contributed by atoms with Crippen LogP contribution in [0.2, 0.25) is 5.02 Å². The van der Waals surface area contributed by atoms with Gasteiger partial charge in [-0.05, 0) is 45.9 Å². The van der Waals surface area contributed by atoms with E-state index in [0.717, 1.165) is 6.29 Å². The number of hydrogen-bond donors (Lipinski definition) is 0. The number of carbonyl (C=O) groups is 2. The number of nitrogens with zero attached hydrogens (tertiary/aromatic N) is 1. The third kappa shape index (κ3) is 4.85. The second kappa shape index (κ2) is 6.75. The van der Waals surface area contributed by atoms with E-state index in [2.05, 4.69) is 0 Å². The largest absolute Gasteiger partial charge is 0.443 e. The number of hydrogen-bond acceptors (Lipinski definition) is 3. The summed E-state index contributed by atoms with van der Waals surface area (Å²) in [5.74, 6) is 0. The normalized spacial score (nSPS) is 12.7. The highest BCUT2D eigenvalue weighted by atomic mass is 35.5. The lowest BCUT2D eigenvalue weighted by atomic mass is 10.2. The number of ether oxygens (including phenoxy) is 1. The molecule has 20 heavy (non-hydrogen) atoms. The fraction of sp³-hybridized carbons (Fsp3) is 0.467. The molecule has 0 aliphatic rings. The zero-order valence-corrected chi connectivity index (χ0v) is 13.0. The molecule has 1 unspecified atom stereocenters. The van der Waals surface area contributed by atoms with Gasteiger partial charge in [0.15, 0.2) is 0 Å². The Labute approximate surface area is 124 Å². The molecule has 5 heteroatoms. The van der Waals surface area contributed by atoms with E-state index in [4.69, 9.17) is 16.3 Å². The quantitative estimate of drug-likeness (QED) is 0.787. The van der Waals surface area contributed by atoms with Crippen molar-refractivity contribution in [3.8, 4) is 0 Å².